The number of benzene rings is 2. The van der Waals surface area contributed by atoms with Crippen LogP contribution in [0.3, 0.4) is 0 Å². The van der Waals surface area contributed by atoms with Crippen LogP contribution in [0.5, 0.6) is 11.5 Å². The maximum Gasteiger partial charge on any atom is 0.239 e. The second-order valence-electron chi connectivity index (χ2n) is 7.21. The molecule has 2 aromatic carbocycles. The van der Waals surface area contributed by atoms with E-state index in [1.807, 2.05) is 32.0 Å². The van der Waals surface area contributed by atoms with Crippen molar-refractivity contribution in [2.45, 2.75) is 27.7 Å². The van der Waals surface area contributed by atoms with Crippen LogP contribution >= 0.6 is 0 Å². The van der Waals surface area contributed by atoms with Crippen LogP contribution < -0.4 is 20.1 Å². The summed E-state index contributed by atoms with van der Waals surface area (Å²) in [5.41, 5.74) is 1.98. The summed E-state index contributed by atoms with van der Waals surface area (Å²) >= 11 is 0. The fourth-order valence-electron chi connectivity index (χ4n) is 2.66. The number of amides is 2. The molecule has 142 valence electrons. The van der Waals surface area contributed by atoms with Crippen molar-refractivity contribution in [1.29, 1.82) is 0 Å². The molecule has 2 amide bonds. The number of nitrogens with one attached hydrogen (secondary N) is 2. The number of fused-ring (bicyclic) bond motifs is 1. The Labute approximate surface area is 158 Å². The average molecular weight is 368 g/mol. The number of anilines is 2. The summed E-state index contributed by atoms with van der Waals surface area (Å²) in [6.07, 6.45) is 0. The highest BCUT2D eigenvalue weighted by molar-refractivity contribution is 6.14. The standard InChI is InChI=1S/C21H24N2O4/c1-13-5-6-14(2)16(11-13)23-20(25)21(3,4)19(24)22-15-7-8-17-18(12-15)27-10-9-26-17/h5-8,11-12H,9-10H2,1-4H3,(H,22,24)(H,23,25). The Kier molecular flexibility index (Phi) is 5.08. The van der Waals surface area contributed by atoms with Crippen molar-refractivity contribution in [1.82, 2.24) is 0 Å². The normalized spacial score (nSPS) is 13.0. The van der Waals surface area contributed by atoms with Crippen LogP contribution in [0.2, 0.25) is 0 Å². The molecule has 0 saturated carbocycles. The number of hydrogen-bond donors (Lipinski definition) is 2. The van der Waals surface area contributed by atoms with Gasteiger partial charge in [0.1, 0.15) is 18.6 Å². The fourth-order valence-corrected chi connectivity index (χ4v) is 2.66. The topological polar surface area (TPSA) is 76.7 Å². The summed E-state index contributed by atoms with van der Waals surface area (Å²) in [5.74, 6) is 0.455. The van der Waals surface area contributed by atoms with Gasteiger partial charge in [0, 0.05) is 17.4 Å². The van der Waals surface area contributed by atoms with E-state index in [2.05, 4.69) is 10.6 Å². The molecule has 0 saturated heterocycles. The van der Waals surface area contributed by atoms with Gasteiger partial charge in [0.05, 0.1) is 0 Å². The van der Waals surface area contributed by atoms with Gasteiger partial charge >= 0.3 is 0 Å². The highest BCUT2D eigenvalue weighted by Gasteiger charge is 2.36. The minimum atomic E-state index is -1.26. The first-order valence-electron chi connectivity index (χ1n) is 8.87. The lowest BCUT2D eigenvalue weighted by Gasteiger charge is -2.24. The number of carbonyl (C=O) groups excluding carboxylic acids is 2. The molecule has 0 fully saturated rings. The Morgan fingerprint density at radius 1 is 0.889 bits per heavy atom. The van der Waals surface area contributed by atoms with Gasteiger partial charge in [0.25, 0.3) is 0 Å². The molecule has 27 heavy (non-hydrogen) atoms. The molecular weight excluding hydrogens is 344 g/mol. The van der Waals surface area contributed by atoms with Crippen LogP contribution in [0.4, 0.5) is 11.4 Å². The number of aryl methyl sites for hydroxylation is 2. The summed E-state index contributed by atoms with van der Waals surface area (Å²) in [6.45, 7) is 8.03. The molecule has 6 heteroatoms. The van der Waals surface area contributed by atoms with E-state index in [1.54, 1.807) is 32.0 Å². The Morgan fingerprint density at radius 3 is 2.30 bits per heavy atom. The number of hydrogen-bond acceptors (Lipinski definition) is 4. The Balaban J connectivity index is 1.72. The number of rotatable bonds is 4. The van der Waals surface area contributed by atoms with Gasteiger partial charge in [-0.05, 0) is 57.0 Å². The summed E-state index contributed by atoms with van der Waals surface area (Å²) in [5, 5.41) is 5.65. The lowest BCUT2D eigenvalue weighted by Crippen LogP contribution is -2.41. The Hall–Kier alpha value is -3.02. The number of carbonyl (C=O) groups is 2. The summed E-state index contributed by atoms with van der Waals surface area (Å²) in [4.78, 5) is 25.5. The minimum absolute atomic E-state index is 0.369. The second kappa shape index (κ2) is 7.31. The van der Waals surface area contributed by atoms with Crippen LogP contribution in [0.15, 0.2) is 36.4 Å². The van der Waals surface area contributed by atoms with Crippen molar-refractivity contribution in [3.05, 3.63) is 47.5 Å². The molecule has 1 aliphatic heterocycles. The van der Waals surface area contributed by atoms with E-state index in [1.165, 1.54) is 0 Å². The molecule has 0 atom stereocenters. The van der Waals surface area contributed by atoms with Gasteiger partial charge in [-0.2, -0.15) is 0 Å². The first kappa shape index (κ1) is 18.8. The van der Waals surface area contributed by atoms with Crippen molar-refractivity contribution in [3.63, 3.8) is 0 Å². The quantitative estimate of drug-likeness (QED) is 0.807. The van der Waals surface area contributed by atoms with E-state index < -0.39 is 11.3 Å². The van der Waals surface area contributed by atoms with E-state index in [0.29, 0.717) is 36.1 Å². The maximum absolute atomic E-state index is 12.7. The lowest BCUT2D eigenvalue weighted by atomic mass is 9.90. The highest BCUT2D eigenvalue weighted by Crippen LogP contribution is 2.33. The molecule has 2 aromatic rings. The van der Waals surface area contributed by atoms with Gasteiger partial charge < -0.3 is 20.1 Å². The molecule has 1 aliphatic rings. The van der Waals surface area contributed by atoms with E-state index in [4.69, 9.17) is 9.47 Å². The van der Waals surface area contributed by atoms with Gasteiger partial charge in [-0.25, -0.2) is 0 Å². The van der Waals surface area contributed by atoms with Crippen LogP contribution in [0, 0.1) is 19.3 Å². The predicted octanol–water partition coefficient (Wildman–Crippen LogP) is 3.68. The zero-order chi connectivity index (χ0) is 19.6. The average Bonchev–Trinajstić information content (AvgIpc) is 2.64. The zero-order valence-corrected chi connectivity index (χ0v) is 16.0. The Morgan fingerprint density at radius 2 is 1.56 bits per heavy atom. The molecule has 0 aliphatic carbocycles. The van der Waals surface area contributed by atoms with Gasteiger partial charge in [-0.15, -0.1) is 0 Å². The third-order valence-corrected chi connectivity index (χ3v) is 4.58. The van der Waals surface area contributed by atoms with Crippen LogP contribution in [-0.4, -0.2) is 25.0 Å². The van der Waals surface area contributed by atoms with Crippen molar-refractivity contribution in [2.75, 3.05) is 23.8 Å². The first-order valence-corrected chi connectivity index (χ1v) is 8.87. The third kappa shape index (κ3) is 4.05. The molecule has 2 N–H and O–H groups in total. The molecular formula is C21H24N2O4. The van der Waals surface area contributed by atoms with Crippen molar-refractivity contribution in [3.8, 4) is 11.5 Å². The summed E-state index contributed by atoms with van der Waals surface area (Å²) < 4.78 is 11.0. The number of ether oxygens (including phenoxy) is 2. The molecule has 0 bridgehead atoms. The van der Waals surface area contributed by atoms with Gasteiger partial charge in [0.2, 0.25) is 11.8 Å². The van der Waals surface area contributed by atoms with E-state index in [0.717, 1.165) is 11.1 Å². The fraction of sp³-hybridized carbons (Fsp3) is 0.333. The van der Waals surface area contributed by atoms with Gasteiger partial charge in [0.15, 0.2) is 11.5 Å². The molecule has 0 radical (unpaired) electrons. The van der Waals surface area contributed by atoms with Crippen molar-refractivity contribution >= 4 is 23.2 Å². The highest BCUT2D eigenvalue weighted by atomic mass is 16.6. The van der Waals surface area contributed by atoms with Crippen molar-refractivity contribution < 1.29 is 19.1 Å². The predicted molar refractivity (Wildman–Crippen MR) is 104 cm³/mol. The monoisotopic (exact) mass is 368 g/mol. The van der Waals surface area contributed by atoms with E-state index in [-0.39, 0.29) is 5.91 Å². The molecule has 3 rings (SSSR count). The Bertz CT molecular complexity index is 890. The SMILES string of the molecule is Cc1ccc(C)c(NC(=O)C(C)(C)C(=O)Nc2ccc3c(c2)OCCO3)c1. The summed E-state index contributed by atoms with van der Waals surface area (Å²) in [6, 6.07) is 11.0. The first-order chi connectivity index (χ1) is 12.8. The smallest absolute Gasteiger partial charge is 0.239 e. The van der Waals surface area contributed by atoms with Crippen LogP contribution in [-0.2, 0) is 9.59 Å². The summed E-state index contributed by atoms with van der Waals surface area (Å²) in [7, 11) is 0. The van der Waals surface area contributed by atoms with Crippen molar-refractivity contribution in [2.24, 2.45) is 5.41 Å². The molecule has 0 aromatic heterocycles. The van der Waals surface area contributed by atoms with Crippen LogP contribution in [0.25, 0.3) is 0 Å². The zero-order valence-electron chi connectivity index (χ0n) is 16.0. The molecule has 1 heterocycles. The third-order valence-electron chi connectivity index (χ3n) is 4.58. The second-order valence-corrected chi connectivity index (χ2v) is 7.21. The van der Waals surface area contributed by atoms with Gasteiger partial charge in [-0.3, -0.25) is 9.59 Å². The molecule has 0 spiro atoms. The van der Waals surface area contributed by atoms with E-state index >= 15 is 0 Å². The molecule has 6 nitrogen and oxygen atoms in total. The maximum atomic E-state index is 12.7. The largest absolute Gasteiger partial charge is 0.486 e. The molecule has 0 unspecified atom stereocenters. The van der Waals surface area contributed by atoms with Crippen LogP contribution in [0.1, 0.15) is 25.0 Å². The van der Waals surface area contributed by atoms with E-state index in [9.17, 15) is 9.59 Å². The lowest BCUT2D eigenvalue weighted by molar-refractivity contribution is -0.135. The minimum Gasteiger partial charge on any atom is -0.486 e. The van der Waals surface area contributed by atoms with Gasteiger partial charge in [-0.1, -0.05) is 12.1 Å².